The van der Waals surface area contributed by atoms with Gasteiger partial charge in [0.1, 0.15) is 24.4 Å². The van der Waals surface area contributed by atoms with Gasteiger partial charge >= 0.3 is 0 Å². The third-order valence-electron chi connectivity index (χ3n) is 14.9. The zero-order chi connectivity index (χ0) is 56.5. The molecule has 0 aromatic heterocycles. The second-order valence-corrected chi connectivity index (χ2v) is 22.2. The fourth-order valence-corrected chi connectivity index (χ4v) is 9.83. The smallest absolute Gasteiger partial charge is 0.220 e. The summed E-state index contributed by atoms with van der Waals surface area (Å²) in [5, 5.41) is 54.6. The lowest BCUT2D eigenvalue weighted by atomic mass is 9.99. The molecule has 7 atom stereocenters. The Kier molecular flexibility index (Phi) is 53.8. The summed E-state index contributed by atoms with van der Waals surface area (Å²) in [6.07, 6.45) is 76.4. The van der Waals surface area contributed by atoms with Crippen LogP contribution in [-0.2, 0) is 14.3 Å². The standard InChI is InChI=1S/C69H121NO8/c1-3-5-7-9-11-13-15-17-19-21-23-25-26-27-28-29-30-31-32-33-34-35-36-37-38-39-41-43-45-47-49-51-53-55-57-59-65(73)70-62(61-77-69-68(76)67(75)66(74)64(60-71)78-69)63(72)58-56-54-52-50-48-46-44-42-40-24-22-20-18-16-14-12-10-8-6-4-2/h5,7,11,13,17,19,23,25,27-28,30-31,48,50,56,58,62-64,66-69,71-72,74-76H,3-4,6,8-10,12,14-16,18,20-22,24,26,29,32-47,49,51-55,57,59-61H2,1-2H3,(H,70,73)/b7-5-,13-11-,19-17-,25-23-,28-27-,31-30-,50-48+,58-56+. The van der Waals surface area contributed by atoms with Gasteiger partial charge in [-0.3, -0.25) is 4.79 Å². The van der Waals surface area contributed by atoms with E-state index in [4.69, 9.17) is 9.47 Å². The normalized spacial score (nSPS) is 19.3. The van der Waals surface area contributed by atoms with Crippen LogP contribution in [0.3, 0.4) is 0 Å². The van der Waals surface area contributed by atoms with Crippen molar-refractivity contribution >= 4 is 5.91 Å². The van der Waals surface area contributed by atoms with Gasteiger partial charge in [0.25, 0.3) is 0 Å². The highest BCUT2D eigenvalue weighted by Crippen LogP contribution is 2.23. The van der Waals surface area contributed by atoms with Gasteiger partial charge in [-0.05, 0) is 83.5 Å². The molecule has 1 aliphatic heterocycles. The Morgan fingerprint density at radius 1 is 0.449 bits per heavy atom. The third kappa shape index (κ3) is 45.8. The van der Waals surface area contributed by atoms with E-state index >= 15 is 0 Å². The number of ether oxygens (including phenoxy) is 2. The van der Waals surface area contributed by atoms with Crippen LogP contribution in [0.1, 0.15) is 277 Å². The van der Waals surface area contributed by atoms with Crippen molar-refractivity contribution in [2.45, 2.75) is 320 Å². The van der Waals surface area contributed by atoms with Gasteiger partial charge < -0.3 is 40.3 Å². The van der Waals surface area contributed by atoms with E-state index < -0.39 is 49.5 Å². The first-order chi connectivity index (χ1) is 38.3. The number of aliphatic hydroxyl groups excluding tert-OH is 5. The number of carbonyl (C=O) groups excluding carboxylic acids is 1. The summed E-state index contributed by atoms with van der Waals surface area (Å²) >= 11 is 0. The van der Waals surface area contributed by atoms with Crippen LogP contribution in [-0.4, -0.2) is 87.5 Å². The molecule has 1 saturated heterocycles. The molecule has 0 saturated carbocycles. The lowest BCUT2D eigenvalue weighted by Crippen LogP contribution is -2.60. The molecule has 0 radical (unpaired) electrons. The summed E-state index contributed by atoms with van der Waals surface area (Å²) < 4.78 is 11.3. The number of amides is 1. The Morgan fingerprint density at radius 3 is 1.23 bits per heavy atom. The van der Waals surface area contributed by atoms with Crippen LogP contribution in [0.2, 0.25) is 0 Å². The van der Waals surface area contributed by atoms with Crippen molar-refractivity contribution in [1.82, 2.24) is 5.32 Å². The fourth-order valence-electron chi connectivity index (χ4n) is 9.83. The highest BCUT2D eigenvalue weighted by molar-refractivity contribution is 5.76. The zero-order valence-electron chi connectivity index (χ0n) is 50.1. The molecule has 78 heavy (non-hydrogen) atoms. The van der Waals surface area contributed by atoms with Crippen molar-refractivity contribution in [2.75, 3.05) is 13.2 Å². The molecule has 1 aliphatic rings. The monoisotopic (exact) mass is 1090 g/mol. The number of unbranched alkanes of at least 4 members (excludes halogenated alkanes) is 31. The van der Waals surface area contributed by atoms with Crippen LogP contribution < -0.4 is 5.32 Å². The van der Waals surface area contributed by atoms with Crippen LogP contribution in [0.25, 0.3) is 0 Å². The predicted octanol–water partition coefficient (Wildman–Crippen LogP) is 17.1. The van der Waals surface area contributed by atoms with Crippen molar-refractivity contribution in [3.8, 4) is 0 Å². The van der Waals surface area contributed by atoms with Gasteiger partial charge in [0.15, 0.2) is 6.29 Å². The third-order valence-corrected chi connectivity index (χ3v) is 14.9. The Balaban J connectivity index is 2.15. The second kappa shape index (κ2) is 57.3. The van der Waals surface area contributed by atoms with Gasteiger partial charge in [-0.15, -0.1) is 0 Å². The number of aliphatic hydroxyl groups is 5. The Bertz CT molecular complexity index is 1550. The van der Waals surface area contributed by atoms with Crippen LogP contribution in [0, 0.1) is 0 Å². The number of allylic oxidation sites excluding steroid dienone is 15. The molecule has 450 valence electrons. The molecule has 6 N–H and O–H groups in total. The molecule has 0 aliphatic carbocycles. The van der Waals surface area contributed by atoms with Gasteiger partial charge in [0.2, 0.25) is 5.91 Å². The minimum atomic E-state index is -1.58. The van der Waals surface area contributed by atoms with Crippen LogP contribution in [0.4, 0.5) is 0 Å². The number of rotatable bonds is 55. The van der Waals surface area contributed by atoms with E-state index in [1.807, 2.05) is 6.08 Å². The Labute approximate surface area is 479 Å². The Hall–Kier alpha value is -2.89. The maximum absolute atomic E-state index is 13.1. The molecule has 9 heteroatoms. The molecular weight excluding hydrogens is 971 g/mol. The SMILES string of the molecule is CC/C=C\C/C=C\C/C=C\C/C=C\C/C=C\C/C=C\CCCCCCCCCCCCCCCCCCC(=O)NC(COC1OC(CO)C(O)C(O)C1O)C(O)/C=C/CC/C=C/CCCCCCCCCCCCCCCC. The van der Waals surface area contributed by atoms with Crippen molar-refractivity contribution in [3.63, 3.8) is 0 Å². The molecule has 1 heterocycles. The van der Waals surface area contributed by atoms with E-state index in [0.717, 1.165) is 77.0 Å². The van der Waals surface area contributed by atoms with Gasteiger partial charge in [-0.25, -0.2) is 0 Å². The predicted molar refractivity (Wildman–Crippen MR) is 331 cm³/mol. The molecule has 0 aromatic rings. The van der Waals surface area contributed by atoms with Crippen molar-refractivity contribution in [2.24, 2.45) is 0 Å². The lowest BCUT2D eigenvalue weighted by molar-refractivity contribution is -0.302. The summed E-state index contributed by atoms with van der Waals surface area (Å²) in [6, 6.07) is -0.827. The minimum absolute atomic E-state index is 0.187. The van der Waals surface area contributed by atoms with E-state index in [1.165, 1.54) is 180 Å². The topological polar surface area (TPSA) is 149 Å². The summed E-state index contributed by atoms with van der Waals surface area (Å²) in [5.74, 6) is -0.187. The zero-order valence-corrected chi connectivity index (χ0v) is 50.1. The molecule has 0 spiro atoms. The second-order valence-electron chi connectivity index (χ2n) is 22.2. The maximum atomic E-state index is 13.1. The summed E-state index contributed by atoms with van der Waals surface area (Å²) in [5.41, 5.74) is 0. The molecule has 0 aromatic carbocycles. The molecule has 1 fully saturated rings. The average molecular weight is 1090 g/mol. The fraction of sp³-hybridized carbons (Fsp3) is 0.754. The molecule has 0 bridgehead atoms. The summed E-state index contributed by atoms with van der Waals surface area (Å²) in [6.45, 7) is 3.67. The van der Waals surface area contributed by atoms with Crippen molar-refractivity contribution < 1.29 is 39.8 Å². The number of carbonyl (C=O) groups is 1. The first-order valence-electron chi connectivity index (χ1n) is 32.5. The van der Waals surface area contributed by atoms with E-state index in [2.05, 4.69) is 104 Å². The highest BCUT2D eigenvalue weighted by atomic mass is 16.7. The maximum Gasteiger partial charge on any atom is 0.220 e. The van der Waals surface area contributed by atoms with Crippen molar-refractivity contribution in [3.05, 3.63) is 97.2 Å². The average Bonchev–Trinajstić information content (AvgIpc) is 3.45. The number of nitrogens with one attached hydrogen (secondary N) is 1. The van der Waals surface area contributed by atoms with Gasteiger partial charge in [0, 0.05) is 6.42 Å². The molecule has 1 amide bonds. The summed E-state index contributed by atoms with van der Waals surface area (Å²) in [7, 11) is 0. The minimum Gasteiger partial charge on any atom is -0.394 e. The Morgan fingerprint density at radius 2 is 0.808 bits per heavy atom. The number of hydrogen-bond donors (Lipinski definition) is 6. The van der Waals surface area contributed by atoms with Crippen LogP contribution in [0.5, 0.6) is 0 Å². The van der Waals surface area contributed by atoms with E-state index in [0.29, 0.717) is 6.42 Å². The quantitative estimate of drug-likeness (QED) is 0.0261. The van der Waals surface area contributed by atoms with Gasteiger partial charge in [-0.2, -0.15) is 0 Å². The first kappa shape index (κ1) is 73.1. The summed E-state index contributed by atoms with van der Waals surface area (Å²) in [4.78, 5) is 13.1. The van der Waals surface area contributed by atoms with E-state index in [1.54, 1.807) is 6.08 Å². The largest absolute Gasteiger partial charge is 0.394 e. The highest BCUT2D eigenvalue weighted by Gasteiger charge is 2.44. The van der Waals surface area contributed by atoms with Crippen molar-refractivity contribution in [1.29, 1.82) is 0 Å². The van der Waals surface area contributed by atoms with Crippen LogP contribution in [0.15, 0.2) is 97.2 Å². The van der Waals surface area contributed by atoms with E-state index in [9.17, 15) is 30.3 Å². The molecular formula is C69H121NO8. The lowest BCUT2D eigenvalue weighted by Gasteiger charge is -2.40. The molecule has 7 unspecified atom stereocenters. The number of hydrogen-bond acceptors (Lipinski definition) is 8. The van der Waals surface area contributed by atoms with Gasteiger partial charge in [0.05, 0.1) is 25.4 Å². The van der Waals surface area contributed by atoms with Gasteiger partial charge in [-0.1, -0.05) is 284 Å². The molecule has 9 nitrogen and oxygen atoms in total. The van der Waals surface area contributed by atoms with E-state index in [-0.39, 0.29) is 12.5 Å². The molecule has 1 rings (SSSR count). The van der Waals surface area contributed by atoms with Crippen LogP contribution >= 0.6 is 0 Å². The first-order valence-corrected chi connectivity index (χ1v) is 32.5.